The lowest BCUT2D eigenvalue weighted by Crippen LogP contribution is -2.31. The third-order valence-corrected chi connectivity index (χ3v) is 4.90. The molecule has 0 aliphatic rings. The molecular weight excluding hydrogens is 332 g/mol. The van der Waals surface area contributed by atoms with Crippen LogP contribution in [0.1, 0.15) is 21.7 Å². The zero-order valence-corrected chi connectivity index (χ0v) is 14.9. The van der Waals surface area contributed by atoms with Crippen LogP contribution in [0.5, 0.6) is 0 Å². The Morgan fingerprint density at radius 3 is 2.60 bits per heavy atom. The molecule has 25 heavy (non-hydrogen) atoms. The summed E-state index contributed by atoms with van der Waals surface area (Å²) in [5.41, 5.74) is 0.609. The van der Waals surface area contributed by atoms with Gasteiger partial charge in [-0.2, -0.15) is 0 Å². The van der Waals surface area contributed by atoms with Crippen molar-refractivity contribution in [3.8, 4) is 0 Å². The highest BCUT2D eigenvalue weighted by Gasteiger charge is 2.11. The number of benzene rings is 2. The second-order valence-corrected chi connectivity index (χ2v) is 6.93. The van der Waals surface area contributed by atoms with Crippen molar-refractivity contribution in [3.63, 3.8) is 0 Å². The van der Waals surface area contributed by atoms with Crippen LogP contribution >= 0.6 is 11.3 Å². The molecule has 0 spiro atoms. The molecule has 0 saturated heterocycles. The highest BCUT2D eigenvalue weighted by atomic mass is 32.1. The second-order valence-electron chi connectivity index (χ2n) is 5.90. The highest BCUT2D eigenvalue weighted by Crippen LogP contribution is 2.15. The first-order chi connectivity index (χ1) is 12.1. The summed E-state index contributed by atoms with van der Waals surface area (Å²) in [4.78, 5) is 27.2. The topological polar surface area (TPSA) is 49.4 Å². The predicted octanol–water partition coefficient (Wildman–Crippen LogP) is 3.68. The van der Waals surface area contributed by atoms with Crippen LogP contribution in [-0.4, -0.2) is 30.3 Å². The first kappa shape index (κ1) is 17.2. The molecule has 1 N–H and O–H groups in total. The minimum Gasteiger partial charge on any atom is -0.352 e. The molecule has 4 nitrogen and oxygen atoms in total. The molecule has 0 aliphatic heterocycles. The third-order valence-electron chi connectivity index (χ3n) is 4.03. The van der Waals surface area contributed by atoms with E-state index < -0.39 is 0 Å². The van der Waals surface area contributed by atoms with Gasteiger partial charge in [-0.1, -0.05) is 36.4 Å². The maximum Gasteiger partial charge on any atom is 0.251 e. The molecule has 0 atom stereocenters. The van der Waals surface area contributed by atoms with Crippen molar-refractivity contribution in [2.45, 2.75) is 13.0 Å². The summed E-state index contributed by atoms with van der Waals surface area (Å²) in [6.45, 7) is 0.939. The van der Waals surface area contributed by atoms with Gasteiger partial charge in [0.2, 0.25) is 5.91 Å². The fourth-order valence-corrected chi connectivity index (χ4v) is 3.39. The Balaban J connectivity index is 1.50. The molecule has 1 heterocycles. The van der Waals surface area contributed by atoms with E-state index in [0.29, 0.717) is 25.1 Å². The Bertz CT molecular complexity index is 874. The number of fused-ring (bicyclic) bond motifs is 1. The fourth-order valence-electron chi connectivity index (χ4n) is 2.63. The Labute approximate surface area is 151 Å². The van der Waals surface area contributed by atoms with Crippen molar-refractivity contribution in [2.24, 2.45) is 0 Å². The van der Waals surface area contributed by atoms with Crippen molar-refractivity contribution in [3.05, 3.63) is 70.4 Å². The van der Waals surface area contributed by atoms with E-state index in [1.54, 1.807) is 23.3 Å². The number of carbonyl (C=O) groups is 2. The van der Waals surface area contributed by atoms with Crippen LogP contribution in [0, 0.1) is 0 Å². The molecule has 0 unspecified atom stereocenters. The molecular formula is C20H20N2O2S. The maximum atomic E-state index is 12.3. The molecule has 128 valence electrons. The van der Waals surface area contributed by atoms with Crippen LogP contribution in [0.15, 0.2) is 60.0 Å². The van der Waals surface area contributed by atoms with E-state index in [0.717, 1.165) is 15.6 Å². The molecule has 5 heteroatoms. The summed E-state index contributed by atoms with van der Waals surface area (Å²) < 4.78 is 0. The molecule has 1 aromatic heterocycles. The highest BCUT2D eigenvalue weighted by molar-refractivity contribution is 7.09. The first-order valence-electron chi connectivity index (χ1n) is 8.17. The van der Waals surface area contributed by atoms with Crippen LogP contribution in [-0.2, 0) is 11.3 Å². The Morgan fingerprint density at radius 2 is 1.84 bits per heavy atom. The molecule has 3 rings (SSSR count). The molecule has 3 aromatic rings. The van der Waals surface area contributed by atoms with Gasteiger partial charge < -0.3 is 10.2 Å². The summed E-state index contributed by atoms with van der Waals surface area (Å²) in [6.07, 6.45) is 0.293. The number of nitrogens with zero attached hydrogens (tertiary/aromatic N) is 1. The van der Waals surface area contributed by atoms with Gasteiger partial charge in [0, 0.05) is 30.5 Å². The van der Waals surface area contributed by atoms with Crippen LogP contribution in [0.25, 0.3) is 10.8 Å². The lowest BCUT2D eigenvalue weighted by Gasteiger charge is -2.16. The van der Waals surface area contributed by atoms with Gasteiger partial charge in [0.15, 0.2) is 0 Å². The number of amides is 2. The normalized spacial score (nSPS) is 10.6. The molecule has 2 amide bonds. The average molecular weight is 352 g/mol. The number of hydrogen-bond acceptors (Lipinski definition) is 3. The SMILES string of the molecule is CN(Cc1cccs1)C(=O)CCNC(=O)c1ccc2ccccc2c1. The quantitative estimate of drug-likeness (QED) is 0.736. The van der Waals surface area contributed by atoms with Crippen LogP contribution in [0.4, 0.5) is 0 Å². The second kappa shape index (κ2) is 7.94. The number of thiophene rings is 1. The van der Waals surface area contributed by atoms with Gasteiger partial charge >= 0.3 is 0 Å². The van der Waals surface area contributed by atoms with E-state index >= 15 is 0 Å². The first-order valence-corrected chi connectivity index (χ1v) is 9.05. The molecule has 2 aromatic carbocycles. The minimum atomic E-state index is -0.153. The van der Waals surface area contributed by atoms with Gasteiger partial charge in [-0.15, -0.1) is 11.3 Å². The molecule has 0 bridgehead atoms. The number of nitrogens with one attached hydrogen (secondary N) is 1. The largest absolute Gasteiger partial charge is 0.352 e. The fraction of sp³-hybridized carbons (Fsp3) is 0.200. The minimum absolute atomic E-state index is 0.0206. The summed E-state index contributed by atoms with van der Waals surface area (Å²) >= 11 is 1.63. The lowest BCUT2D eigenvalue weighted by atomic mass is 10.1. The maximum absolute atomic E-state index is 12.3. The zero-order valence-electron chi connectivity index (χ0n) is 14.1. The predicted molar refractivity (Wildman–Crippen MR) is 102 cm³/mol. The lowest BCUT2D eigenvalue weighted by molar-refractivity contribution is -0.130. The molecule has 0 aliphatic carbocycles. The van der Waals surface area contributed by atoms with E-state index in [-0.39, 0.29) is 11.8 Å². The Morgan fingerprint density at radius 1 is 1.04 bits per heavy atom. The summed E-state index contributed by atoms with van der Waals surface area (Å²) in [5.74, 6) is -0.133. The van der Waals surface area contributed by atoms with Gasteiger partial charge in [0.05, 0.1) is 6.54 Å². The van der Waals surface area contributed by atoms with Crippen molar-refractivity contribution in [2.75, 3.05) is 13.6 Å². The average Bonchev–Trinajstić information content (AvgIpc) is 3.14. The van der Waals surface area contributed by atoms with Gasteiger partial charge in [-0.25, -0.2) is 0 Å². The van der Waals surface area contributed by atoms with E-state index in [1.807, 2.05) is 60.0 Å². The Hall–Kier alpha value is -2.66. The van der Waals surface area contributed by atoms with Crippen molar-refractivity contribution < 1.29 is 9.59 Å². The van der Waals surface area contributed by atoms with Crippen molar-refractivity contribution in [1.82, 2.24) is 10.2 Å². The van der Waals surface area contributed by atoms with E-state index in [4.69, 9.17) is 0 Å². The molecule has 0 fully saturated rings. The number of hydrogen-bond donors (Lipinski definition) is 1. The molecule has 0 saturated carbocycles. The number of carbonyl (C=O) groups excluding carboxylic acids is 2. The molecule has 0 radical (unpaired) electrons. The third kappa shape index (κ3) is 4.45. The van der Waals surface area contributed by atoms with Crippen LogP contribution in [0.2, 0.25) is 0 Å². The Kier molecular flexibility index (Phi) is 5.46. The summed E-state index contributed by atoms with van der Waals surface area (Å²) in [6, 6.07) is 17.5. The van der Waals surface area contributed by atoms with Crippen LogP contribution < -0.4 is 5.32 Å². The van der Waals surface area contributed by atoms with Gasteiger partial charge in [-0.3, -0.25) is 9.59 Å². The van der Waals surface area contributed by atoms with Crippen LogP contribution in [0.3, 0.4) is 0 Å². The van der Waals surface area contributed by atoms with Crippen molar-refractivity contribution in [1.29, 1.82) is 0 Å². The van der Waals surface area contributed by atoms with E-state index in [9.17, 15) is 9.59 Å². The van der Waals surface area contributed by atoms with Crippen molar-refractivity contribution >= 4 is 33.9 Å². The van der Waals surface area contributed by atoms with E-state index in [1.165, 1.54) is 0 Å². The number of rotatable bonds is 6. The van der Waals surface area contributed by atoms with E-state index in [2.05, 4.69) is 5.32 Å². The summed E-state index contributed by atoms with van der Waals surface area (Å²) in [5, 5.41) is 6.95. The zero-order chi connectivity index (χ0) is 17.6. The summed E-state index contributed by atoms with van der Waals surface area (Å²) in [7, 11) is 1.78. The monoisotopic (exact) mass is 352 g/mol. The van der Waals surface area contributed by atoms with Gasteiger partial charge in [-0.05, 0) is 34.4 Å². The van der Waals surface area contributed by atoms with Gasteiger partial charge in [0.25, 0.3) is 5.91 Å². The smallest absolute Gasteiger partial charge is 0.251 e. The standard InChI is InChI=1S/C20H20N2O2S/c1-22(14-18-7-4-12-25-18)19(23)10-11-21-20(24)17-9-8-15-5-2-3-6-16(15)13-17/h2-9,12-13H,10-11,14H2,1H3,(H,21,24). The van der Waals surface area contributed by atoms with Gasteiger partial charge in [0.1, 0.15) is 0 Å².